The van der Waals surface area contributed by atoms with E-state index in [4.69, 9.17) is 19.3 Å². The van der Waals surface area contributed by atoms with Gasteiger partial charge < -0.3 is 20.2 Å². The average Bonchev–Trinajstić information content (AvgIpc) is 3.75. The van der Waals surface area contributed by atoms with E-state index in [1.165, 1.54) is 4.57 Å². The Bertz CT molecular complexity index is 2060. The van der Waals surface area contributed by atoms with E-state index < -0.39 is 30.7 Å². The summed E-state index contributed by atoms with van der Waals surface area (Å²) in [4.78, 5) is 33.0. The number of imidazole rings is 1. The van der Waals surface area contributed by atoms with E-state index in [1.807, 2.05) is 32.0 Å². The second-order valence-corrected chi connectivity index (χ2v) is 11.3. The van der Waals surface area contributed by atoms with Gasteiger partial charge in [-0.1, -0.05) is 12.1 Å². The molecule has 12 heteroatoms. The molecule has 41 heavy (non-hydrogen) atoms. The van der Waals surface area contributed by atoms with E-state index in [2.05, 4.69) is 15.1 Å². The van der Waals surface area contributed by atoms with Crippen molar-refractivity contribution in [3.8, 4) is 22.4 Å². The number of carbonyl (C=O) groups excluding carboxylic acids is 1. The summed E-state index contributed by atoms with van der Waals surface area (Å²) in [5, 5.41) is 4.21. The van der Waals surface area contributed by atoms with Crippen LogP contribution in [-0.2, 0) is 35.7 Å². The molecule has 2 atom stereocenters. The number of aromatic amines is 1. The number of fused-ring (bicyclic) bond motifs is 4. The summed E-state index contributed by atoms with van der Waals surface area (Å²) < 4.78 is 53.8. The first kappa shape index (κ1) is 22.3. The summed E-state index contributed by atoms with van der Waals surface area (Å²) in [5.41, 5.74) is 9.45. The highest BCUT2D eigenvalue weighted by molar-refractivity contribution is 6.14. The van der Waals surface area contributed by atoms with Crippen LogP contribution in [0, 0.1) is 5.95 Å². The highest BCUT2D eigenvalue weighted by Gasteiger charge is 2.34. The third-order valence-electron chi connectivity index (χ3n) is 8.45. The third kappa shape index (κ3) is 3.80. The lowest BCUT2D eigenvalue weighted by molar-refractivity contribution is -0.00789. The predicted molar refractivity (Wildman–Crippen MR) is 150 cm³/mol. The fourth-order valence-electron chi connectivity index (χ4n) is 6.54. The molecule has 2 aliphatic rings. The Kier molecular flexibility index (Phi) is 4.76. The van der Waals surface area contributed by atoms with Crippen LogP contribution in [0.2, 0.25) is 0 Å². The lowest BCUT2D eigenvalue weighted by atomic mass is 9.91. The number of hydrogen-bond acceptors (Lipinski definition) is 6. The van der Waals surface area contributed by atoms with Gasteiger partial charge in [0.1, 0.15) is 11.8 Å². The molecule has 0 bridgehead atoms. The quantitative estimate of drug-likeness (QED) is 0.334. The normalized spacial score (nSPS) is 21.2. The highest BCUT2D eigenvalue weighted by Crippen LogP contribution is 2.45. The smallest absolute Gasteiger partial charge is 0.404 e. The molecular weight excluding hydrogens is 529 g/mol. The summed E-state index contributed by atoms with van der Waals surface area (Å²) in [6, 6.07) is 5.54. The number of hydrogen-bond donors (Lipinski definition) is 2. The first-order valence-electron chi connectivity index (χ1n) is 14.9. The minimum Gasteiger partial charge on any atom is -0.446 e. The monoisotopic (exact) mass is 562 g/mol. The zero-order valence-corrected chi connectivity index (χ0v) is 22.7. The van der Waals surface area contributed by atoms with Gasteiger partial charge in [0, 0.05) is 42.4 Å². The molecule has 7 rings (SSSR count). The fraction of sp³-hybridized carbons (Fsp3) is 0.379. The van der Waals surface area contributed by atoms with E-state index in [1.54, 1.807) is 17.8 Å². The largest absolute Gasteiger partial charge is 0.446 e. The van der Waals surface area contributed by atoms with Gasteiger partial charge in [0.15, 0.2) is 0 Å². The number of nitrogens with one attached hydrogen (secondary N) is 1. The summed E-state index contributed by atoms with van der Waals surface area (Å²) in [6.45, 7) is 1.66. The number of primary amides is 1. The molecule has 1 saturated carbocycles. The van der Waals surface area contributed by atoms with Crippen molar-refractivity contribution in [1.29, 1.82) is 0 Å². The average molecular weight is 563 g/mol. The number of amides is 1. The summed E-state index contributed by atoms with van der Waals surface area (Å²) in [6.07, 6.45) is 2.92. The van der Waals surface area contributed by atoms with E-state index in [0.717, 1.165) is 17.3 Å². The Balaban J connectivity index is 1.54. The van der Waals surface area contributed by atoms with E-state index in [0.29, 0.717) is 63.7 Å². The summed E-state index contributed by atoms with van der Waals surface area (Å²) in [7, 11) is 1.66. The second kappa shape index (κ2) is 8.77. The van der Waals surface area contributed by atoms with Gasteiger partial charge in [-0.25, -0.2) is 14.6 Å². The number of benzene rings is 1. The van der Waals surface area contributed by atoms with Crippen molar-refractivity contribution in [3.63, 3.8) is 0 Å². The molecule has 1 aromatic carbocycles. The first-order valence-corrected chi connectivity index (χ1v) is 13.4. The molecule has 0 unspecified atom stereocenters. The molecular formula is C29H30FN7O4. The maximum absolute atomic E-state index is 15.5. The number of nitrogens with zero attached hydrogens (tertiary/aromatic N) is 5. The van der Waals surface area contributed by atoms with Crippen molar-refractivity contribution in [2.45, 2.75) is 57.5 Å². The molecule has 0 saturated heterocycles. The van der Waals surface area contributed by atoms with Gasteiger partial charge in [-0.05, 0) is 49.4 Å². The minimum absolute atomic E-state index is 0.0556. The minimum atomic E-state index is -2.70. The highest BCUT2D eigenvalue weighted by atomic mass is 19.1. The van der Waals surface area contributed by atoms with Gasteiger partial charge in [-0.2, -0.15) is 4.39 Å². The van der Waals surface area contributed by atoms with Crippen LogP contribution in [0.3, 0.4) is 0 Å². The van der Waals surface area contributed by atoms with Crippen molar-refractivity contribution < 1.29 is 22.8 Å². The fourth-order valence-corrected chi connectivity index (χ4v) is 6.54. The molecule has 5 aromatic rings. The zero-order chi connectivity index (χ0) is 31.3. The van der Waals surface area contributed by atoms with Gasteiger partial charge >= 0.3 is 11.8 Å². The van der Waals surface area contributed by atoms with E-state index >= 15 is 4.39 Å². The van der Waals surface area contributed by atoms with Crippen LogP contribution in [0.5, 0.6) is 0 Å². The number of carbonyl (C=O) groups is 1. The number of H-pyrrole nitrogens is 1. The van der Waals surface area contributed by atoms with Crippen LogP contribution in [0.1, 0.15) is 54.4 Å². The van der Waals surface area contributed by atoms with Crippen molar-refractivity contribution >= 4 is 28.2 Å². The Morgan fingerprint density at radius 1 is 1.34 bits per heavy atom. The van der Waals surface area contributed by atoms with Crippen LogP contribution in [0.4, 0.5) is 9.18 Å². The topological polar surface area (TPSA) is 135 Å². The maximum atomic E-state index is 15.5. The molecule has 1 amide bonds. The first-order chi connectivity index (χ1) is 20.7. The molecule has 5 heterocycles. The molecule has 1 aliphatic heterocycles. The zero-order valence-electron chi connectivity index (χ0n) is 25.7. The number of aromatic nitrogens is 6. The standard InChI is InChI=1S/C29H30FN7O4/c1-29(2)19-8-5-14(9-15(19)13-40-29)21-22-24-20(11-32-26(22)33-23(21)18-12-35(3)34-25(18)30)36(4)28(39)37(24)16-6-7-17(10-16)41-27(31)38/h5,8-9,11-12,16-17H,6-7,10,13H2,1-4H3,(H2,31,38)(H,32,33)/t16-,17-/m1/s1/i3D3. The summed E-state index contributed by atoms with van der Waals surface area (Å²) >= 11 is 0. The Morgan fingerprint density at radius 2 is 2.17 bits per heavy atom. The molecule has 4 aromatic heterocycles. The van der Waals surface area contributed by atoms with Crippen molar-refractivity contribution in [2.75, 3.05) is 0 Å². The van der Waals surface area contributed by atoms with Crippen molar-refractivity contribution in [2.24, 2.45) is 19.8 Å². The van der Waals surface area contributed by atoms with Crippen LogP contribution < -0.4 is 11.4 Å². The molecule has 0 spiro atoms. The van der Waals surface area contributed by atoms with E-state index in [9.17, 15) is 9.59 Å². The molecule has 1 aliphatic carbocycles. The number of halogens is 1. The Morgan fingerprint density at radius 3 is 2.93 bits per heavy atom. The molecule has 11 nitrogen and oxygen atoms in total. The number of nitrogens with two attached hydrogens (primary N) is 1. The maximum Gasteiger partial charge on any atom is 0.404 e. The van der Waals surface area contributed by atoms with Crippen LogP contribution in [0.15, 0.2) is 35.4 Å². The van der Waals surface area contributed by atoms with Gasteiger partial charge in [0.2, 0.25) is 5.95 Å². The van der Waals surface area contributed by atoms with Crippen LogP contribution in [0.25, 0.3) is 44.5 Å². The van der Waals surface area contributed by atoms with Crippen molar-refractivity contribution in [1.82, 2.24) is 28.9 Å². The lowest BCUT2D eigenvalue weighted by Gasteiger charge is -2.18. The van der Waals surface area contributed by atoms with Gasteiger partial charge in [0.05, 0.1) is 46.1 Å². The summed E-state index contributed by atoms with van der Waals surface area (Å²) in [5.74, 6) is -0.969. The van der Waals surface area contributed by atoms with Gasteiger partial charge in [-0.15, -0.1) is 5.10 Å². The number of rotatable bonds is 4. The predicted octanol–water partition coefficient (Wildman–Crippen LogP) is 4.38. The Hall–Kier alpha value is -4.45. The van der Waals surface area contributed by atoms with E-state index in [-0.39, 0.29) is 23.0 Å². The molecule has 1 fully saturated rings. The second-order valence-electron chi connectivity index (χ2n) is 11.3. The van der Waals surface area contributed by atoms with Crippen LogP contribution in [-0.4, -0.2) is 41.1 Å². The van der Waals surface area contributed by atoms with Crippen LogP contribution >= 0.6 is 0 Å². The SMILES string of the molecule is [2H]C([2H])([2H])n1cc(-c2[nH]c3ncc4c(c3c2-c2ccc3c(c2)COC3(C)C)n([C@@H]2CC[C@@H](OC(N)=O)C2)c(=O)n4C)c(F)n1. The number of ether oxygens (including phenoxy) is 2. The number of aryl methyl sites for hydroxylation is 2. The third-order valence-corrected chi connectivity index (χ3v) is 8.45. The molecule has 3 N–H and O–H groups in total. The molecule has 0 radical (unpaired) electrons. The molecule has 212 valence electrons. The number of pyridine rings is 1. The van der Waals surface area contributed by atoms with Gasteiger partial charge in [-0.3, -0.25) is 13.8 Å². The lowest BCUT2D eigenvalue weighted by Crippen LogP contribution is -2.26. The van der Waals surface area contributed by atoms with Gasteiger partial charge in [0.25, 0.3) is 0 Å². The Labute approximate surface area is 237 Å². The van der Waals surface area contributed by atoms with Crippen molar-refractivity contribution in [3.05, 3.63) is 58.2 Å².